The molecule has 0 saturated carbocycles. The second-order valence-electron chi connectivity index (χ2n) is 7.60. The SMILES string of the molecule is COc1ccc(C(=O)Nc2cc(C)ccc2C)cc1COc1ccc2ccccc2c1. The Bertz CT molecular complexity index is 1250. The maximum Gasteiger partial charge on any atom is 0.255 e. The fraction of sp³-hybridized carbons (Fsp3) is 0.148. The first kappa shape index (κ1) is 20.5. The number of nitrogens with one attached hydrogen (secondary N) is 1. The quantitative estimate of drug-likeness (QED) is 0.405. The maximum absolute atomic E-state index is 12.9. The molecule has 0 bridgehead atoms. The van der Waals surface area contributed by atoms with Crippen LogP contribution in [0.25, 0.3) is 10.8 Å². The second-order valence-corrected chi connectivity index (χ2v) is 7.60. The Labute approximate surface area is 182 Å². The molecule has 0 aromatic heterocycles. The highest BCUT2D eigenvalue weighted by molar-refractivity contribution is 6.05. The number of rotatable bonds is 6. The molecule has 1 N–H and O–H groups in total. The van der Waals surface area contributed by atoms with Gasteiger partial charge in [-0.05, 0) is 72.1 Å². The number of methoxy groups -OCH3 is 1. The van der Waals surface area contributed by atoms with Gasteiger partial charge in [-0.1, -0.05) is 42.5 Å². The fourth-order valence-corrected chi connectivity index (χ4v) is 3.52. The van der Waals surface area contributed by atoms with E-state index in [0.717, 1.165) is 38.9 Å². The Balaban J connectivity index is 1.53. The second kappa shape index (κ2) is 8.92. The lowest BCUT2D eigenvalue weighted by atomic mass is 10.1. The molecular formula is C27H25NO3. The van der Waals surface area contributed by atoms with Crippen molar-refractivity contribution >= 4 is 22.4 Å². The molecule has 0 heterocycles. The Morgan fingerprint density at radius 3 is 2.48 bits per heavy atom. The first-order chi connectivity index (χ1) is 15.0. The Hall–Kier alpha value is -3.79. The van der Waals surface area contributed by atoms with Crippen molar-refractivity contribution in [3.63, 3.8) is 0 Å². The van der Waals surface area contributed by atoms with Crippen molar-refractivity contribution in [2.75, 3.05) is 12.4 Å². The van der Waals surface area contributed by atoms with Crippen LogP contribution >= 0.6 is 0 Å². The van der Waals surface area contributed by atoms with Crippen molar-refractivity contribution in [1.82, 2.24) is 0 Å². The van der Waals surface area contributed by atoms with Crippen molar-refractivity contribution < 1.29 is 14.3 Å². The Kier molecular flexibility index (Phi) is 5.89. The molecule has 4 nitrogen and oxygen atoms in total. The minimum absolute atomic E-state index is 0.164. The minimum Gasteiger partial charge on any atom is -0.496 e. The van der Waals surface area contributed by atoms with Crippen molar-refractivity contribution in [3.8, 4) is 11.5 Å². The molecule has 0 unspecified atom stereocenters. The van der Waals surface area contributed by atoms with Crippen molar-refractivity contribution in [1.29, 1.82) is 0 Å². The van der Waals surface area contributed by atoms with Crippen LogP contribution in [0.5, 0.6) is 11.5 Å². The predicted octanol–water partition coefficient (Wildman–Crippen LogP) is 6.30. The molecule has 4 aromatic rings. The van der Waals surface area contributed by atoms with E-state index in [1.165, 1.54) is 0 Å². The number of amides is 1. The molecule has 0 aliphatic rings. The molecule has 0 fully saturated rings. The van der Waals surface area contributed by atoms with Gasteiger partial charge in [-0.2, -0.15) is 0 Å². The van der Waals surface area contributed by atoms with Crippen LogP contribution in [-0.4, -0.2) is 13.0 Å². The van der Waals surface area contributed by atoms with Gasteiger partial charge in [0.25, 0.3) is 5.91 Å². The molecule has 156 valence electrons. The van der Waals surface area contributed by atoms with Gasteiger partial charge in [-0.25, -0.2) is 0 Å². The monoisotopic (exact) mass is 411 g/mol. The van der Waals surface area contributed by atoms with E-state index in [4.69, 9.17) is 9.47 Å². The highest BCUT2D eigenvalue weighted by atomic mass is 16.5. The van der Waals surface area contributed by atoms with Gasteiger partial charge in [0.05, 0.1) is 7.11 Å². The van der Waals surface area contributed by atoms with Crippen molar-refractivity contribution in [3.05, 3.63) is 101 Å². The Morgan fingerprint density at radius 1 is 0.871 bits per heavy atom. The van der Waals surface area contributed by atoms with E-state index in [9.17, 15) is 4.79 Å². The number of hydrogen-bond acceptors (Lipinski definition) is 3. The third-order valence-corrected chi connectivity index (χ3v) is 5.30. The summed E-state index contributed by atoms with van der Waals surface area (Å²) in [5.41, 5.74) is 4.30. The zero-order chi connectivity index (χ0) is 21.8. The third-order valence-electron chi connectivity index (χ3n) is 5.30. The van der Waals surface area contributed by atoms with Crippen LogP contribution in [0.1, 0.15) is 27.0 Å². The summed E-state index contributed by atoms with van der Waals surface area (Å²) in [7, 11) is 1.62. The maximum atomic E-state index is 12.9. The molecule has 0 atom stereocenters. The normalized spacial score (nSPS) is 10.7. The van der Waals surface area contributed by atoms with Crippen LogP contribution in [0.3, 0.4) is 0 Å². The number of anilines is 1. The molecule has 1 amide bonds. The molecule has 4 heteroatoms. The first-order valence-corrected chi connectivity index (χ1v) is 10.2. The average molecular weight is 412 g/mol. The third kappa shape index (κ3) is 4.69. The summed E-state index contributed by atoms with van der Waals surface area (Å²) in [6, 6.07) is 25.5. The number of carbonyl (C=O) groups is 1. The molecule has 0 aliphatic heterocycles. The average Bonchev–Trinajstić information content (AvgIpc) is 2.79. The molecule has 4 rings (SSSR count). The van der Waals surface area contributed by atoms with E-state index < -0.39 is 0 Å². The van der Waals surface area contributed by atoms with E-state index in [1.807, 2.05) is 68.4 Å². The van der Waals surface area contributed by atoms with Gasteiger partial charge in [0.2, 0.25) is 0 Å². The summed E-state index contributed by atoms with van der Waals surface area (Å²) in [6.45, 7) is 4.28. The summed E-state index contributed by atoms with van der Waals surface area (Å²) in [5, 5.41) is 5.29. The van der Waals surface area contributed by atoms with E-state index in [1.54, 1.807) is 19.2 Å². The van der Waals surface area contributed by atoms with Crippen LogP contribution in [0.2, 0.25) is 0 Å². The van der Waals surface area contributed by atoms with Crippen molar-refractivity contribution in [2.24, 2.45) is 0 Å². The number of carbonyl (C=O) groups excluding carboxylic acids is 1. The van der Waals surface area contributed by atoms with E-state index >= 15 is 0 Å². The molecule has 31 heavy (non-hydrogen) atoms. The van der Waals surface area contributed by atoms with Crippen LogP contribution in [0.4, 0.5) is 5.69 Å². The zero-order valence-electron chi connectivity index (χ0n) is 17.9. The highest BCUT2D eigenvalue weighted by Crippen LogP contribution is 2.25. The molecule has 4 aromatic carbocycles. The number of aryl methyl sites for hydroxylation is 2. The smallest absolute Gasteiger partial charge is 0.255 e. The summed E-state index contributed by atoms with van der Waals surface area (Å²) >= 11 is 0. The van der Waals surface area contributed by atoms with E-state index in [0.29, 0.717) is 17.9 Å². The van der Waals surface area contributed by atoms with Crippen LogP contribution in [0, 0.1) is 13.8 Å². The summed E-state index contributed by atoms with van der Waals surface area (Å²) in [6.07, 6.45) is 0. The van der Waals surface area contributed by atoms with Gasteiger partial charge < -0.3 is 14.8 Å². The topological polar surface area (TPSA) is 47.6 Å². The number of fused-ring (bicyclic) bond motifs is 1. The number of ether oxygens (including phenoxy) is 2. The van der Waals surface area contributed by atoms with Gasteiger partial charge in [0.15, 0.2) is 0 Å². The van der Waals surface area contributed by atoms with Crippen LogP contribution in [0.15, 0.2) is 78.9 Å². The van der Waals surface area contributed by atoms with Gasteiger partial charge in [0, 0.05) is 16.8 Å². The van der Waals surface area contributed by atoms with Gasteiger partial charge in [-0.15, -0.1) is 0 Å². The van der Waals surface area contributed by atoms with Gasteiger partial charge in [0.1, 0.15) is 18.1 Å². The van der Waals surface area contributed by atoms with Crippen LogP contribution < -0.4 is 14.8 Å². The zero-order valence-corrected chi connectivity index (χ0v) is 17.9. The largest absolute Gasteiger partial charge is 0.496 e. The summed E-state index contributed by atoms with van der Waals surface area (Å²) in [5.74, 6) is 1.29. The molecule has 0 saturated heterocycles. The molecule has 0 radical (unpaired) electrons. The molecule has 0 aliphatic carbocycles. The lowest BCUT2D eigenvalue weighted by Crippen LogP contribution is -2.13. The predicted molar refractivity (Wildman–Crippen MR) is 125 cm³/mol. The summed E-state index contributed by atoms with van der Waals surface area (Å²) in [4.78, 5) is 12.9. The lowest BCUT2D eigenvalue weighted by Gasteiger charge is -2.14. The van der Waals surface area contributed by atoms with E-state index in [-0.39, 0.29) is 5.91 Å². The van der Waals surface area contributed by atoms with Gasteiger partial charge in [-0.3, -0.25) is 4.79 Å². The molecular weight excluding hydrogens is 386 g/mol. The minimum atomic E-state index is -0.164. The number of hydrogen-bond donors (Lipinski definition) is 1. The summed E-state index contributed by atoms with van der Waals surface area (Å²) < 4.78 is 11.5. The Morgan fingerprint density at radius 2 is 1.68 bits per heavy atom. The van der Waals surface area contributed by atoms with Crippen molar-refractivity contribution in [2.45, 2.75) is 20.5 Å². The lowest BCUT2D eigenvalue weighted by molar-refractivity contribution is 0.102. The highest BCUT2D eigenvalue weighted by Gasteiger charge is 2.12. The van der Waals surface area contributed by atoms with Gasteiger partial charge >= 0.3 is 0 Å². The fourth-order valence-electron chi connectivity index (χ4n) is 3.52. The standard InChI is InChI=1S/C27H25NO3/c1-18-8-9-19(2)25(14-18)28-27(29)22-11-13-26(30-3)23(15-22)17-31-24-12-10-20-6-4-5-7-21(20)16-24/h4-16H,17H2,1-3H3,(H,28,29). The molecule has 0 spiro atoms. The first-order valence-electron chi connectivity index (χ1n) is 10.2. The van der Waals surface area contributed by atoms with E-state index in [2.05, 4.69) is 17.4 Å². The van der Waals surface area contributed by atoms with Crippen LogP contribution in [-0.2, 0) is 6.61 Å². The number of benzene rings is 4.